The lowest BCUT2D eigenvalue weighted by molar-refractivity contribution is -0.143. The van der Waals surface area contributed by atoms with Gasteiger partial charge in [0, 0.05) is 12.8 Å². The smallest absolute Gasteiger partial charge is 0.305 e. The van der Waals surface area contributed by atoms with Gasteiger partial charge in [-0.25, -0.2) is 0 Å². The Bertz CT molecular complexity index is 1170. The highest BCUT2D eigenvalue weighted by Crippen LogP contribution is 2.18. The molecular weight excluding hydrogens is 887 g/mol. The number of aliphatic hydroxyl groups is 2. The van der Waals surface area contributed by atoms with Crippen LogP contribution in [0.2, 0.25) is 0 Å². The highest BCUT2D eigenvalue weighted by Gasteiger charge is 2.20. The molecule has 0 bridgehead atoms. The predicted molar refractivity (Wildman–Crippen MR) is 315 cm³/mol. The van der Waals surface area contributed by atoms with E-state index in [4.69, 9.17) is 4.74 Å². The average molecular weight is 1010 g/mol. The summed E-state index contributed by atoms with van der Waals surface area (Å²) in [5, 5.41) is 23.4. The van der Waals surface area contributed by atoms with Gasteiger partial charge in [0.05, 0.1) is 25.4 Å². The number of nitrogens with one attached hydrogen (secondary N) is 1. The van der Waals surface area contributed by atoms with Gasteiger partial charge in [0.25, 0.3) is 0 Å². The van der Waals surface area contributed by atoms with Crippen molar-refractivity contribution >= 4 is 11.9 Å². The first-order valence-electron chi connectivity index (χ1n) is 32.2. The molecule has 6 nitrogen and oxygen atoms in total. The van der Waals surface area contributed by atoms with Gasteiger partial charge in [-0.3, -0.25) is 9.59 Å². The van der Waals surface area contributed by atoms with Crippen molar-refractivity contribution in [2.45, 2.75) is 360 Å². The van der Waals surface area contributed by atoms with Gasteiger partial charge < -0.3 is 20.3 Å². The van der Waals surface area contributed by atoms with Crippen molar-refractivity contribution in [2.75, 3.05) is 13.2 Å². The van der Waals surface area contributed by atoms with Gasteiger partial charge in [-0.05, 0) is 77.0 Å². The van der Waals surface area contributed by atoms with Gasteiger partial charge in [-0.2, -0.15) is 0 Å². The zero-order valence-electron chi connectivity index (χ0n) is 48.4. The largest absolute Gasteiger partial charge is 0.466 e. The molecule has 1 amide bonds. The Kier molecular flexibility index (Phi) is 60.0. The lowest BCUT2D eigenvalue weighted by Crippen LogP contribution is -2.45. The summed E-state index contributed by atoms with van der Waals surface area (Å²) in [5.74, 6) is -0.0490. The van der Waals surface area contributed by atoms with E-state index in [-0.39, 0.29) is 18.5 Å². The summed E-state index contributed by atoms with van der Waals surface area (Å²) < 4.78 is 5.47. The summed E-state index contributed by atoms with van der Waals surface area (Å²) in [5.41, 5.74) is 0. The van der Waals surface area contributed by atoms with E-state index in [9.17, 15) is 19.8 Å². The zero-order valence-corrected chi connectivity index (χ0v) is 48.4. The molecular formula is C66H125NO5. The molecule has 0 radical (unpaired) electrons. The molecule has 6 heteroatoms. The highest BCUT2D eigenvalue weighted by molar-refractivity contribution is 5.76. The molecule has 0 aromatic rings. The zero-order chi connectivity index (χ0) is 52.2. The quantitative estimate of drug-likeness (QED) is 0.0320. The Morgan fingerprint density at radius 3 is 1.11 bits per heavy atom. The third-order valence-electron chi connectivity index (χ3n) is 14.9. The lowest BCUT2D eigenvalue weighted by Gasteiger charge is -2.22. The van der Waals surface area contributed by atoms with Gasteiger partial charge in [-0.15, -0.1) is 0 Å². The molecule has 0 aromatic heterocycles. The van der Waals surface area contributed by atoms with Crippen LogP contribution in [0.25, 0.3) is 0 Å². The van der Waals surface area contributed by atoms with E-state index in [1.807, 2.05) is 0 Å². The van der Waals surface area contributed by atoms with Crippen molar-refractivity contribution in [3.05, 3.63) is 36.5 Å². The molecule has 72 heavy (non-hydrogen) atoms. The highest BCUT2D eigenvalue weighted by atomic mass is 16.5. The average Bonchev–Trinajstić information content (AvgIpc) is 3.38. The molecule has 0 saturated carbocycles. The number of carbonyl (C=O) groups is 2. The molecule has 0 spiro atoms. The first-order valence-corrected chi connectivity index (χ1v) is 32.2. The number of unbranched alkanes of at least 4 members (excludes halogenated alkanes) is 43. The van der Waals surface area contributed by atoms with E-state index in [2.05, 4.69) is 55.6 Å². The molecule has 3 N–H and O–H groups in total. The summed E-state index contributed by atoms with van der Waals surface area (Å²) in [6.07, 6.45) is 77.3. The minimum atomic E-state index is -0.671. The number of ether oxygens (including phenoxy) is 1. The Balaban J connectivity index is 3.44. The minimum absolute atomic E-state index is 0.00803. The fraction of sp³-hybridized carbons (Fsp3) is 0.879. The van der Waals surface area contributed by atoms with Crippen LogP contribution in [0.1, 0.15) is 348 Å². The number of rotatable bonds is 60. The van der Waals surface area contributed by atoms with E-state index in [0.717, 1.165) is 51.4 Å². The van der Waals surface area contributed by atoms with Crippen molar-refractivity contribution < 1.29 is 24.5 Å². The van der Waals surface area contributed by atoms with Crippen molar-refractivity contribution in [3.63, 3.8) is 0 Å². The Morgan fingerprint density at radius 1 is 0.389 bits per heavy atom. The molecule has 0 fully saturated rings. The van der Waals surface area contributed by atoms with Gasteiger partial charge in [-0.1, -0.05) is 294 Å². The van der Waals surface area contributed by atoms with Crippen LogP contribution < -0.4 is 5.32 Å². The second-order valence-corrected chi connectivity index (χ2v) is 22.1. The first-order chi connectivity index (χ1) is 35.5. The summed E-state index contributed by atoms with van der Waals surface area (Å²) in [7, 11) is 0. The molecule has 0 rings (SSSR count). The van der Waals surface area contributed by atoms with Crippen LogP contribution >= 0.6 is 0 Å². The third-order valence-corrected chi connectivity index (χ3v) is 14.9. The van der Waals surface area contributed by atoms with Crippen LogP contribution in [-0.2, 0) is 14.3 Å². The van der Waals surface area contributed by atoms with Crippen LogP contribution in [0, 0.1) is 0 Å². The lowest BCUT2D eigenvalue weighted by atomic mass is 10.0. The van der Waals surface area contributed by atoms with E-state index in [1.165, 1.54) is 263 Å². The molecule has 0 aliphatic rings. The van der Waals surface area contributed by atoms with Crippen molar-refractivity contribution in [3.8, 4) is 0 Å². The number of carbonyl (C=O) groups excluding carboxylic acids is 2. The maximum Gasteiger partial charge on any atom is 0.305 e. The first kappa shape index (κ1) is 70.1. The molecule has 0 aromatic carbocycles. The van der Waals surface area contributed by atoms with E-state index in [0.29, 0.717) is 25.9 Å². The predicted octanol–water partition coefficient (Wildman–Crippen LogP) is 20.4. The molecule has 0 saturated heterocycles. The maximum atomic E-state index is 12.5. The van der Waals surface area contributed by atoms with Crippen LogP contribution in [-0.4, -0.2) is 47.4 Å². The van der Waals surface area contributed by atoms with Gasteiger partial charge in [0.15, 0.2) is 0 Å². The van der Waals surface area contributed by atoms with Crippen LogP contribution in [0.3, 0.4) is 0 Å². The Labute approximate surface area is 449 Å². The molecule has 0 heterocycles. The Hall–Kier alpha value is -1.92. The number of esters is 1. The van der Waals surface area contributed by atoms with Gasteiger partial charge >= 0.3 is 5.97 Å². The topological polar surface area (TPSA) is 95.9 Å². The molecule has 0 aliphatic heterocycles. The van der Waals surface area contributed by atoms with E-state index >= 15 is 0 Å². The van der Waals surface area contributed by atoms with Crippen molar-refractivity contribution in [1.29, 1.82) is 0 Å². The molecule has 0 aliphatic carbocycles. The summed E-state index contributed by atoms with van der Waals surface area (Å²) >= 11 is 0. The third kappa shape index (κ3) is 57.4. The molecule has 424 valence electrons. The minimum Gasteiger partial charge on any atom is -0.466 e. The number of allylic oxidation sites excluding steroid dienone is 6. The van der Waals surface area contributed by atoms with E-state index < -0.39 is 12.1 Å². The van der Waals surface area contributed by atoms with Crippen LogP contribution in [0.4, 0.5) is 0 Å². The Morgan fingerprint density at radius 2 is 0.708 bits per heavy atom. The van der Waals surface area contributed by atoms with Crippen LogP contribution in [0.15, 0.2) is 36.5 Å². The van der Waals surface area contributed by atoms with Gasteiger partial charge in [0.2, 0.25) is 5.91 Å². The maximum absolute atomic E-state index is 12.5. The number of amides is 1. The standard InChI is InChI=1S/C66H125NO5/c1-3-5-7-9-11-13-15-17-19-20-21-22-25-28-31-34-38-42-46-50-54-58-64(69)63(62-68)67-65(70)59-55-51-47-43-39-35-32-29-26-23-24-27-30-33-37-41-45-49-53-57-61-72-66(71)60-56-52-48-44-40-36-18-16-14-12-10-8-6-4-2/h10,12,16,18,23,26,63-64,68-69H,3-9,11,13-15,17,19-22,24-25,27-62H2,1-2H3,(H,67,70)/b12-10-,18-16-,26-23-. The fourth-order valence-corrected chi connectivity index (χ4v) is 9.95. The second-order valence-electron chi connectivity index (χ2n) is 22.1. The summed E-state index contributed by atoms with van der Waals surface area (Å²) in [4.78, 5) is 24.6. The van der Waals surface area contributed by atoms with Crippen molar-refractivity contribution in [1.82, 2.24) is 5.32 Å². The molecule has 2 unspecified atom stereocenters. The normalized spacial score (nSPS) is 12.8. The molecule has 2 atom stereocenters. The van der Waals surface area contributed by atoms with E-state index in [1.54, 1.807) is 0 Å². The number of hydrogen-bond donors (Lipinski definition) is 3. The van der Waals surface area contributed by atoms with Crippen molar-refractivity contribution in [2.24, 2.45) is 0 Å². The van der Waals surface area contributed by atoms with Crippen LogP contribution in [0.5, 0.6) is 0 Å². The monoisotopic (exact) mass is 1010 g/mol. The fourth-order valence-electron chi connectivity index (χ4n) is 9.95. The summed E-state index contributed by atoms with van der Waals surface area (Å²) in [6.45, 7) is 4.92. The number of hydrogen-bond acceptors (Lipinski definition) is 5. The second kappa shape index (κ2) is 61.6. The SMILES string of the molecule is CCCC/C=C\C/C=C\CCCCCCCC(=O)OCCCCCCCCCCC/C=C\CCCCCCCCCC(=O)NC(CO)C(O)CCCCCCCCCCCCCCCCCCCCCCC. The number of aliphatic hydroxyl groups excluding tert-OH is 2. The van der Waals surface area contributed by atoms with Gasteiger partial charge in [0.1, 0.15) is 0 Å². The summed E-state index contributed by atoms with van der Waals surface area (Å²) in [6, 6.07) is -0.549.